The number of carbonyl (C=O) groups is 2. The number of rotatable bonds is 4. The number of aromatic nitrogens is 2. The Morgan fingerprint density at radius 3 is 2.26 bits per heavy atom. The SMILES string of the molecule is O=C(c1ccc(-n2nc3c4c(cccc4c2=O)NCC3c2ccccc2)cc1)N1CCN(C(=O)C2CC2)CC1. The molecular weight excluding hydrogens is 490 g/mol. The molecule has 2 amide bonds. The van der Waals surface area contributed by atoms with Gasteiger partial charge in [-0.1, -0.05) is 36.4 Å². The highest BCUT2D eigenvalue weighted by Gasteiger charge is 2.35. The Morgan fingerprint density at radius 2 is 1.54 bits per heavy atom. The van der Waals surface area contributed by atoms with Crippen molar-refractivity contribution >= 4 is 28.3 Å². The quantitative estimate of drug-likeness (QED) is 0.445. The molecule has 8 heteroatoms. The molecule has 0 bridgehead atoms. The molecule has 0 spiro atoms. The minimum absolute atomic E-state index is 0.00163. The third-order valence-electron chi connectivity index (χ3n) is 8.14. The second-order valence-corrected chi connectivity index (χ2v) is 10.6. The number of carbonyl (C=O) groups excluding carboxylic acids is 2. The molecule has 7 rings (SSSR count). The summed E-state index contributed by atoms with van der Waals surface area (Å²) in [6.07, 6.45) is 1.98. The van der Waals surface area contributed by atoms with E-state index in [4.69, 9.17) is 5.10 Å². The van der Waals surface area contributed by atoms with Crippen LogP contribution in [0.25, 0.3) is 16.5 Å². The fourth-order valence-corrected chi connectivity index (χ4v) is 5.81. The molecule has 1 atom stereocenters. The maximum absolute atomic E-state index is 13.6. The van der Waals surface area contributed by atoms with Gasteiger partial charge in [-0.2, -0.15) is 9.78 Å². The van der Waals surface area contributed by atoms with Crippen molar-refractivity contribution in [2.45, 2.75) is 18.8 Å². The fraction of sp³-hybridized carbons (Fsp3) is 0.290. The van der Waals surface area contributed by atoms with E-state index in [9.17, 15) is 14.4 Å². The standard InChI is InChI=1S/C31H29N5O3/c37-29(21-9-10-21)34-15-17-35(18-16-34)30(38)22-11-13-23(14-12-22)36-31(39)24-7-4-8-26-27(24)28(33-36)25(19-32-26)20-5-2-1-3-6-20/h1-8,11-14,21,25,32H,9-10,15-19H2. The van der Waals surface area contributed by atoms with Gasteiger partial charge in [0.05, 0.1) is 16.8 Å². The lowest BCUT2D eigenvalue weighted by Gasteiger charge is -2.35. The molecule has 1 N–H and O–H groups in total. The highest BCUT2D eigenvalue weighted by molar-refractivity contribution is 5.97. The summed E-state index contributed by atoms with van der Waals surface area (Å²) in [5.41, 5.74) is 3.91. The van der Waals surface area contributed by atoms with E-state index in [-0.39, 0.29) is 29.2 Å². The first kappa shape index (κ1) is 23.6. The average Bonchev–Trinajstić information content (AvgIpc) is 3.85. The lowest BCUT2D eigenvalue weighted by Crippen LogP contribution is -2.51. The Bertz CT molecular complexity index is 1640. The number of nitrogens with one attached hydrogen (secondary N) is 1. The van der Waals surface area contributed by atoms with Crippen molar-refractivity contribution in [3.63, 3.8) is 0 Å². The van der Waals surface area contributed by atoms with E-state index >= 15 is 0 Å². The van der Waals surface area contributed by atoms with Gasteiger partial charge in [0.1, 0.15) is 0 Å². The van der Waals surface area contributed by atoms with Crippen LogP contribution in [0.2, 0.25) is 0 Å². The van der Waals surface area contributed by atoms with Crippen molar-refractivity contribution in [3.8, 4) is 5.69 Å². The molecule has 1 saturated carbocycles. The molecule has 4 aromatic rings. The van der Waals surface area contributed by atoms with E-state index in [2.05, 4.69) is 17.4 Å². The van der Waals surface area contributed by atoms with Crippen LogP contribution in [0.3, 0.4) is 0 Å². The first-order valence-corrected chi connectivity index (χ1v) is 13.6. The van der Waals surface area contributed by atoms with E-state index in [0.29, 0.717) is 49.4 Å². The summed E-state index contributed by atoms with van der Waals surface area (Å²) in [6, 6.07) is 23.0. The van der Waals surface area contributed by atoms with Crippen molar-refractivity contribution < 1.29 is 9.59 Å². The zero-order valence-electron chi connectivity index (χ0n) is 21.5. The summed E-state index contributed by atoms with van der Waals surface area (Å²) in [7, 11) is 0. The third-order valence-corrected chi connectivity index (χ3v) is 8.14. The first-order valence-electron chi connectivity index (χ1n) is 13.6. The van der Waals surface area contributed by atoms with Gasteiger partial charge < -0.3 is 15.1 Å². The van der Waals surface area contributed by atoms with E-state index < -0.39 is 0 Å². The number of benzene rings is 3. The monoisotopic (exact) mass is 519 g/mol. The molecule has 1 aromatic heterocycles. The third kappa shape index (κ3) is 4.16. The Morgan fingerprint density at radius 1 is 0.821 bits per heavy atom. The van der Waals surface area contributed by atoms with Gasteiger partial charge in [-0.3, -0.25) is 14.4 Å². The summed E-state index contributed by atoms with van der Waals surface area (Å²) in [4.78, 5) is 42.8. The van der Waals surface area contributed by atoms with Crippen molar-refractivity contribution in [3.05, 3.63) is 100.0 Å². The fourth-order valence-electron chi connectivity index (χ4n) is 5.81. The van der Waals surface area contributed by atoms with E-state index in [1.165, 1.54) is 4.68 Å². The molecule has 2 aliphatic heterocycles. The topological polar surface area (TPSA) is 87.5 Å². The zero-order valence-corrected chi connectivity index (χ0v) is 21.5. The van der Waals surface area contributed by atoms with Crippen LogP contribution in [-0.4, -0.2) is 64.1 Å². The van der Waals surface area contributed by atoms with Crippen molar-refractivity contribution in [1.82, 2.24) is 19.6 Å². The number of piperazine rings is 1. The molecule has 3 heterocycles. The number of anilines is 1. The van der Waals surface area contributed by atoms with E-state index in [0.717, 1.165) is 35.2 Å². The molecule has 0 radical (unpaired) electrons. The molecule has 2 fully saturated rings. The van der Waals surface area contributed by atoms with Crippen LogP contribution in [0.1, 0.15) is 40.4 Å². The molecular formula is C31H29N5O3. The molecule has 1 saturated heterocycles. The van der Waals surface area contributed by atoms with Gasteiger partial charge in [-0.15, -0.1) is 0 Å². The first-order chi connectivity index (χ1) is 19.1. The normalized spacial score (nSPS) is 18.6. The molecule has 8 nitrogen and oxygen atoms in total. The van der Waals surface area contributed by atoms with E-state index in [1.54, 1.807) is 29.2 Å². The predicted molar refractivity (Wildman–Crippen MR) is 149 cm³/mol. The Balaban J connectivity index is 1.18. The van der Waals surface area contributed by atoms with Gasteiger partial charge in [0.2, 0.25) is 5.91 Å². The van der Waals surface area contributed by atoms with Gasteiger partial charge in [0, 0.05) is 61.2 Å². The van der Waals surface area contributed by atoms with Gasteiger partial charge in [-0.05, 0) is 54.8 Å². The lowest BCUT2D eigenvalue weighted by atomic mass is 9.89. The highest BCUT2D eigenvalue weighted by atomic mass is 16.2. The maximum atomic E-state index is 13.6. The largest absolute Gasteiger partial charge is 0.383 e. The van der Waals surface area contributed by atoms with Crippen molar-refractivity contribution in [2.75, 3.05) is 38.0 Å². The van der Waals surface area contributed by atoms with Crippen LogP contribution < -0.4 is 10.9 Å². The molecule has 1 aliphatic carbocycles. The number of hydrogen-bond acceptors (Lipinski definition) is 5. The van der Waals surface area contributed by atoms with Gasteiger partial charge in [0.25, 0.3) is 11.5 Å². The molecule has 3 aromatic carbocycles. The summed E-state index contributed by atoms with van der Waals surface area (Å²) >= 11 is 0. The number of nitrogens with zero attached hydrogens (tertiary/aromatic N) is 4. The lowest BCUT2D eigenvalue weighted by molar-refractivity contribution is -0.134. The Kier molecular flexibility index (Phi) is 5.68. The second-order valence-electron chi connectivity index (χ2n) is 10.6. The smallest absolute Gasteiger partial charge is 0.279 e. The number of hydrogen-bond donors (Lipinski definition) is 1. The van der Waals surface area contributed by atoms with Crippen LogP contribution in [0.4, 0.5) is 5.69 Å². The van der Waals surface area contributed by atoms with E-state index in [1.807, 2.05) is 41.3 Å². The maximum Gasteiger partial charge on any atom is 0.279 e. The zero-order chi connectivity index (χ0) is 26.5. The second kappa shape index (κ2) is 9.38. The average molecular weight is 520 g/mol. The van der Waals surface area contributed by atoms with Crippen LogP contribution in [0, 0.1) is 5.92 Å². The Labute approximate surface area is 225 Å². The highest BCUT2D eigenvalue weighted by Crippen LogP contribution is 2.36. The summed E-state index contributed by atoms with van der Waals surface area (Å²) in [5.74, 6) is 0.374. The minimum atomic E-state index is -0.193. The van der Waals surface area contributed by atoms with Crippen molar-refractivity contribution in [1.29, 1.82) is 0 Å². The van der Waals surface area contributed by atoms with Crippen LogP contribution in [0.15, 0.2) is 77.6 Å². The Hall–Kier alpha value is -4.46. The van der Waals surface area contributed by atoms with Crippen LogP contribution in [-0.2, 0) is 4.79 Å². The molecule has 196 valence electrons. The minimum Gasteiger partial charge on any atom is -0.383 e. The van der Waals surface area contributed by atoms with Crippen LogP contribution in [0.5, 0.6) is 0 Å². The number of amides is 2. The van der Waals surface area contributed by atoms with Gasteiger partial charge in [0.15, 0.2) is 0 Å². The van der Waals surface area contributed by atoms with Gasteiger partial charge >= 0.3 is 0 Å². The predicted octanol–water partition coefficient (Wildman–Crippen LogP) is 3.64. The summed E-state index contributed by atoms with van der Waals surface area (Å²) in [6.45, 7) is 2.92. The summed E-state index contributed by atoms with van der Waals surface area (Å²) in [5, 5.41) is 9.86. The molecule has 3 aliphatic rings. The van der Waals surface area contributed by atoms with Crippen LogP contribution >= 0.6 is 0 Å². The summed E-state index contributed by atoms with van der Waals surface area (Å²) < 4.78 is 1.46. The van der Waals surface area contributed by atoms with Gasteiger partial charge in [-0.25, -0.2) is 0 Å². The van der Waals surface area contributed by atoms with Crippen molar-refractivity contribution in [2.24, 2.45) is 5.92 Å². The molecule has 39 heavy (non-hydrogen) atoms. The molecule has 1 unspecified atom stereocenters.